The van der Waals surface area contributed by atoms with Crippen LogP contribution in [0.5, 0.6) is 0 Å². The first kappa shape index (κ1) is 19.6. The molecule has 1 saturated heterocycles. The van der Waals surface area contributed by atoms with Crippen LogP contribution in [0.4, 0.5) is 0 Å². The molecular weight excluding hydrogens is 328 g/mol. The molecule has 148 valence electrons. The van der Waals surface area contributed by atoms with Gasteiger partial charge in [0.2, 0.25) is 11.8 Å². The van der Waals surface area contributed by atoms with E-state index in [0.717, 1.165) is 70.6 Å². The van der Waals surface area contributed by atoms with Gasteiger partial charge in [0.25, 0.3) is 0 Å². The Kier molecular flexibility index (Phi) is 6.92. The summed E-state index contributed by atoms with van der Waals surface area (Å²) in [4.78, 5) is 29.2. The second-order valence-corrected chi connectivity index (χ2v) is 8.75. The molecule has 0 bridgehead atoms. The summed E-state index contributed by atoms with van der Waals surface area (Å²) in [6, 6.07) is 0.544. The maximum atomic E-state index is 12.7. The molecule has 2 aliphatic carbocycles. The topological polar surface area (TPSA) is 78.7 Å². The van der Waals surface area contributed by atoms with Crippen LogP contribution in [0.2, 0.25) is 0 Å². The van der Waals surface area contributed by atoms with Crippen LogP contribution in [0.15, 0.2) is 0 Å². The van der Waals surface area contributed by atoms with Crippen molar-refractivity contribution in [2.75, 3.05) is 32.7 Å². The van der Waals surface area contributed by atoms with Gasteiger partial charge in [-0.2, -0.15) is 0 Å². The first-order valence-electron chi connectivity index (χ1n) is 10.6. The average Bonchev–Trinajstić information content (AvgIpc) is 2.64. The number of nitrogens with one attached hydrogen (secondary N) is 1. The van der Waals surface area contributed by atoms with Gasteiger partial charge in [0.1, 0.15) is 0 Å². The van der Waals surface area contributed by atoms with Crippen LogP contribution in [0, 0.1) is 11.8 Å². The van der Waals surface area contributed by atoms with E-state index in [-0.39, 0.29) is 23.8 Å². The molecule has 1 heterocycles. The van der Waals surface area contributed by atoms with Gasteiger partial charge in [-0.3, -0.25) is 14.5 Å². The Morgan fingerprint density at radius 3 is 2.35 bits per heavy atom. The van der Waals surface area contributed by atoms with E-state index in [4.69, 9.17) is 5.73 Å². The quantitative estimate of drug-likeness (QED) is 0.789. The van der Waals surface area contributed by atoms with Crippen LogP contribution in [-0.4, -0.2) is 66.4 Å². The summed E-state index contributed by atoms with van der Waals surface area (Å²) in [5.74, 6) is 1.33. The van der Waals surface area contributed by atoms with E-state index in [1.165, 1.54) is 12.8 Å². The first-order chi connectivity index (χ1) is 12.5. The molecule has 3 rings (SSSR count). The maximum Gasteiger partial charge on any atom is 0.234 e. The number of hydrogen-bond donors (Lipinski definition) is 2. The molecule has 2 unspecified atom stereocenters. The molecule has 0 radical (unpaired) electrons. The van der Waals surface area contributed by atoms with E-state index >= 15 is 0 Å². The second-order valence-electron chi connectivity index (χ2n) is 8.75. The molecule has 3 N–H and O–H groups in total. The fraction of sp³-hybridized carbons (Fsp3) is 0.900. The molecule has 0 aromatic carbocycles. The largest absolute Gasteiger partial charge is 0.352 e. The van der Waals surface area contributed by atoms with Crippen LogP contribution in [0.1, 0.15) is 58.3 Å². The van der Waals surface area contributed by atoms with Gasteiger partial charge in [-0.15, -0.1) is 0 Å². The van der Waals surface area contributed by atoms with E-state index < -0.39 is 0 Å². The predicted octanol–water partition coefficient (Wildman–Crippen LogP) is 1.34. The summed E-state index contributed by atoms with van der Waals surface area (Å²) in [5.41, 5.74) is 6.03. The third kappa shape index (κ3) is 5.43. The second kappa shape index (κ2) is 9.18. The van der Waals surface area contributed by atoms with Gasteiger partial charge in [-0.05, 0) is 50.9 Å². The number of nitrogens with two attached hydrogens (primary N) is 1. The van der Waals surface area contributed by atoms with Crippen molar-refractivity contribution >= 4 is 11.8 Å². The Balaban J connectivity index is 1.36. The number of carbonyl (C=O) groups excluding carboxylic acids is 2. The van der Waals surface area contributed by atoms with E-state index in [2.05, 4.69) is 17.1 Å². The number of piperazine rings is 1. The molecule has 3 aliphatic rings. The van der Waals surface area contributed by atoms with Crippen LogP contribution in [-0.2, 0) is 9.59 Å². The molecule has 1 aliphatic heterocycles. The molecule has 2 amide bonds. The number of rotatable bonds is 4. The first-order valence-corrected chi connectivity index (χ1v) is 10.6. The summed E-state index contributed by atoms with van der Waals surface area (Å²) in [6.45, 7) is 5.80. The van der Waals surface area contributed by atoms with Crippen molar-refractivity contribution < 1.29 is 9.59 Å². The third-order valence-corrected chi connectivity index (χ3v) is 6.50. The normalized spacial score (nSPS) is 33.7. The molecule has 2 atom stereocenters. The lowest BCUT2D eigenvalue weighted by molar-refractivity contribution is -0.138. The van der Waals surface area contributed by atoms with E-state index in [1.54, 1.807) is 0 Å². The molecule has 0 aromatic rings. The summed E-state index contributed by atoms with van der Waals surface area (Å²) in [6.07, 6.45) is 8.59. The van der Waals surface area contributed by atoms with Gasteiger partial charge in [-0.1, -0.05) is 13.3 Å². The van der Waals surface area contributed by atoms with Gasteiger partial charge in [-0.25, -0.2) is 0 Å². The van der Waals surface area contributed by atoms with Crippen molar-refractivity contribution in [3.8, 4) is 0 Å². The highest BCUT2D eigenvalue weighted by Crippen LogP contribution is 2.25. The molecule has 6 heteroatoms. The highest BCUT2D eigenvalue weighted by atomic mass is 16.2. The highest BCUT2D eigenvalue weighted by molar-refractivity contribution is 5.79. The van der Waals surface area contributed by atoms with Crippen LogP contribution in [0.3, 0.4) is 0 Å². The van der Waals surface area contributed by atoms with E-state index in [9.17, 15) is 9.59 Å². The minimum atomic E-state index is 0.113. The molecular formula is C20H36N4O2. The molecule has 0 aromatic heterocycles. The molecule has 3 fully saturated rings. The zero-order chi connectivity index (χ0) is 18.5. The van der Waals surface area contributed by atoms with Gasteiger partial charge >= 0.3 is 0 Å². The maximum absolute atomic E-state index is 12.7. The van der Waals surface area contributed by atoms with Crippen LogP contribution in [0.25, 0.3) is 0 Å². The van der Waals surface area contributed by atoms with Gasteiger partial charge in [0.15, 0.2) is 0 Å². The minimum absolute atomic E-state index is 0.113. The summed E-state index contributed by atoms with van der Waals surface area (Å²) in [7, 11) is 0. The summed E-state index contributed by atoms with van der Waals surface area (Å²) < 4.78 is 0. The van der Waals surface area contributed by atoms with Crippen molar-refractivity contribution in [1.82, 2.24) is 15.1 Å². The van der Waals surface area contributed by atoms with Crippen molar-refractivity contribution in [3.05, 3.63) is 0 Å². The number of carbonyl (C=O) groups is 2. The Bertz CT molecular complexity index is 482. The van der Waals surface area contributed by atoms with E-state index in [1.807, 2.05) is 4.90 Å². The molecule has 2 saturated carbocycles. The molecule has 6 nitrogen and oxygen atoms in total. The molecule has 0 spiro atoms. The monoisotopic (exact) mass is 364 g/mol. The SMILES string of the molecule is CC1CCC(NC(=O)CN2CCN(C(=O)C3CCCC(N)C3)CC2)CC1. The van der Waals surface area contributed by atoms with Gasteiger partial charge in [0.05, 0.1) is 6.54 Å². The highest BCUT2D eigenvalue weighted by Gasteiger charge is 2.31. The van der Waals surface area contributed by atoms with Crippen LogP contribution >= 0.6 is 0 Å². The number of hydrogen-bond acceptors (Lipinski definition) is 4. The standard InChI is InChI=1S/C20H36N4O2/c1-15-5-7-18(8-6-15)22-19(25)14-23-9-11-24(12-10-23)20(26)16-3-2-4-17(21)13-16/h15-18H,2-14,21H2,1H3,(H,22,25). The lowest BCUT2D eigenvalue weighted by Crippen LogP contribution is -2.53. The lowest BCUT2D eigenvalue weighted by atomic mass is 9.85. The Morgan fingerprint density at radius 1 is 1.00 bits per heavy atom. The Labute approximate surface area is 157 Å². The smallest absolute Gasteiger partial charge is 0.234 e. The lowest BCUT2D eigenvalue weighted by Gasteiger charge is -2.37. The summed E-state index contributed by atoms with van der Waals surface area (Å²) >= 11 is 0. The third-order valence-electron chi connectivity index (χ3n) is 6.50. The fourth-order valence-electron chi connectivity index (χ4n) is 4.72. The van der Waals surface area contributed by atoms with E-state index in [0.29, 0.717) is 12.6 Å². The molecule has 26 heavy (non-hydrogen) atoms. The van der Waals surface area contributed by atoms with Crippen molar-refractivity contribution in [1.29, 1.82) is 0 Å². The van der Waals surface area contributed by atoms with Crippen molar-refractivity contribution in [2.45, 2.75) is 70.4 Å². The average molecular weight is 365 g/mol. The zero-order valence-corrected chi connectivity index (χ0v) is 16.3. The fourth-order valence-corrected chi connectivity index (χ4v) is 4.72. The number of amides is 2. The van der Waals surface area contributed by atoms with Crippen molar-refractivity contribution in [2.24, 2.45) is 17.6 Å². The summed E-state index contributed by atoms with van der Waals surface area (Å²) in [5, 5.41) is 3.20. The van der Waals surface area contributed by atoms with Crippen LogP contribution < -0.4 is 11.1 Å². The zero-order valence-electron chi connectivity index (χ0n) is 16.3. The number of nitrogens with zero attached hydrogens (tertiary/aromatic N) is 2. The van der Waals surface area contributed by atoms with Gasteiger partial charge < -0.3 is 16.0 Å². The Hall–Kier alpha value is -1.14. The Morgan fingerprint density at radius 2 is 1.69 bits per heavy atom. The minimum Gasteiger partial charge on any atom is -0.352 e. The van der Waals surface area contributed by atoms with Crippen molar-refractivity contribution in [3.63, 3.8) is 0 Å². The van der Waals surface area contributed by atoms with Gasteiger partial charge in [0, 0.05) is 44.2 Å². The predicted molar refractivity (Wildman–Crippen MR) is 103 cm³/mol.